The van der Waals surface area contributed by atoms with Crippen molar-refractivity contribution < 1.29 is 9.53 Å². The lowest BCUT2D eigenvalue weighted by molar-refractivity contribution is -0.141. The van der Waals surface area contributed by atoms with E-state index in [0.29, 0.717) is 12.4 Å². The maximum absolute atomic E-state index is 11.1. The van der Waals surface area contributed by atoms with Crippen molar-refractivity contribution in [2.45, 2.75) is 19.3 Å². The number of hydrogen-bond donors (Lipinski definition) is 1. The van der Waals surface area contributed by atoms with Crippen LogP contribution < -0.4 is 5.73 Å². The fraction of sp³-hybridized carbons (Fsp3) is 0.500. The zero-order valence-corrected chi connectivity index (χ0v) is 8.93. The first-order chi connectivity index (χ1) is 7.17. The summed E-state index contributed by atoms with van der Waals surface area (Å²) >= 11 is 0. The minimum Gasteiger partial charge on any atom is -0.469 e. The summed E-state index contributed by atoms with van der Waals surface area (Å²) in [6.45, 7) is 2.17. The van der Waals surface area contributed by atoms with Crippen molar-refractivity contribution >= 4 is 5.97 Å². The SMILES string of the molecule is COC(=O)CC(CN)c1ccnc(C)n1. The molecule has 0 aliphatic heterocycles. The Labute approximate surface area is 88.7 Å². The Morgan fingerprint density at radius 3 is 2.93 bits per heavy atom. The van der Waals surface area contributed by atoms with Crippen molar-refractivity contribution in [2.75, 3.05) is 13.7 Å². The molecule has 0 bridgehead atoms. The zero-order chi connectivity index (χ0) is 11.3. The van der Waals surface area contributed by atoms with E-state index in [2.05, 4.69) is 14.7 Å². The first-order valence-corrected chi connectivity index (χ1v) is 4.73. The molecule has 0 aliphatic rings. The number of carbonyl (C=O) groups excluding carboxylic acids is 1. The van der Waals surface area contributed by atoms with Crippen LogP contribution in [0.4, 0.5) is 0 Å². The molecule has 1 aromatic heterocycles. The van der Waals surface area contributed by atoms with Crippen molar-refractivity contribution in [3.8, 4) is 0 Å². The maximum Gasteiger partial charge on any atom is 0.306 e. The molecule has 5 nitrogen and oxygen atoms in total. The fourth-order valence-corrected chi connectivity index (χ4v) is 1.30. The molecule has 0 radical (unpaired) electrons. The lowest BCUT2D eigenvalue weighted by Crippen LogP contribution is -2.18. The van der Waals surface area contributed by atoms with Gasteiger partial charge in [-0.15, -0.1) is 0 Å². The van der Waals surface area contributed by atoms with Crippen molar-refractivity contribution in [3.63, 3.8) is 0 Å². The molecule has 5 heteroatoms. The Morgan fingerprint density at radius 1 is 1.67 bits per heavy atom. The third kappa shape index (κ3) is 3.28. The minimum atomic E-state index is -0.276. The predicted molar refractivity (Wildman–Crippen MR) is 55.2 cm³/mol. The highest BCUT2D eigenvalue weighted by atomic mass is 16.5. The van der Waals surface area contributed by atoms with Gasteiger partial charge in [0.25, 0.3) is 0 Å². The number of hydrogen-bond acceptors (Lipinski definition) is 5. The van der Waals surface area contributed by atoms with Crippen LogP contribution in [0.5, 0.6) is 0 Å². The molecule has 0 fully saturated rings. The predicted octanol–water partition coefficient (Wildman–Crippen LogP) is 0.390. The van der Waals surface area contributed by atoms with E-state index in [0.717, 1.165) is 5.69 Å². The Hall–Kier alpha value is -1.49. The molecule has 0 amide bonds. The summed E-state index contributed by atoms with van der Waals surface area (Å²) in [6, 6.07) is 1.77. The lowest BCUT2D eigenvalue weighted by Gasteiger charge is -2.12. The average Bonchev–Trinajstić information content (AvgIpc) is 2.25. The molecule has 15 heavy (non-hydrogen) atoms. The molecule has 0 saturated carbocycles. The van der Waals surface area contributed by atoms with Gasteiger partial charge >= 0.3 is 5.97 Å². The molecule has 2 N–H and O–H groups in total. The summed E-state index contributed by atoms with van der Waals surface area (Å²) in [5.74, 6) is 0.302. The van der Waals surface area contributed by atoms with Gasteiger partial charge < -0.3 is 10.5 Å². The van der Waals surface area contributed by atoms with Crippen molar-refractivity contribution in [3.05, 3.63) is 23.8 Å². The summed E-state index contributed by atoms with van der Waals surface area (Å²) in [6.07, 6.45) is 1.92. The Balaban J connectivity index is 2.78. The Bertz CT molecular complexity index is 341. The zero-order valence-electron chi connectivity index (χ0n) is 8.93. The lowest BCUT2D eigenvalue weighted by atomic mass is 10.0. The van der Waals surface area contributed by atoms with Gasteiger partial charge in [-0.1, -0.05) is 0 Å². The van der Waals surface area contributed by atoms with Crippen LogP contribution in [0.15, 0.2) is 12.3 Å². The van der Waals surface area contributed by atoms with Gasteiger partial charge in [0, 0.05) is 24.4 Å². The Morgan fingerprint density at radius 2 is 2.40 bits per heavy atom. The number of ether oxygens (including phenoxy) is 1. The third-order valence-electron chi connectivity index (χ3n) is 2.14. The normalized spacial score (nSPS) is 12.2. The number of carbonyl (C=O) groups is 1. The largest absolute Gasteiger partial charge is 0.469 e. The standard InChI is InChI=1S/C10H15N3O2/c1-7-12-4-3-9(13-7)8(6-11)5-10(14)15-2/h3-4,8H,5-6,11H2,1-2H3. The smallest absolute Gasteiger partial charge is 0.306 e. The van der Waals surface area contributed by atoms with Gasteiger partial charge in [-0.2, -0.15) is 0 Å². The molecule has 0 aromatic carbocycles. The second-order valence-corrected chi connectivity index (χ2v) is 3.24. The Kier molecular flexibility index (Phi) is 4.17. The van der Waals surface area contributed by atoms with Crippen LogP contribution in [0.1, 0.15) is 23.9 Å². The van der Waals surface area contributed by atoms with Crippen LogP contribution in [0.2, 0.25) is 0 Å². The number of rotatable bonds is 4. The average molecular weight is 209 g/mol. The van der Waals surface area contributed by atoms with E-state index in [1.807, 2.05) is 0 Å². The van der Waals surface area contributed by atoms with Crippen LogP contribution in [-0.4, -0.2) is 29.6 Å². The van der Waals surface area contributed by atoms with Crippen LogP contribution in [0, 0.1) is 6.92 Å². The quantitative estimate of drug-likeness (QED) is 0.726. The van der Waals surface area contributed by atoms with E-state index < -0.39 is 0 Å². The molecule has 1 aromatic rings. The second kappa shape index (κ2) is 5.41. The monoisotopic (exact) mass is 209 g/mol. The second-order valence-electron chi connectivity index (χ2n) is 3.24. The van der Waals surface area contributed by atoms with Crippen LogP contribution >= 0.6 is 0 Å². The molecular weight excluding hydrogens is 194 g/mol. The van der Waals surface area contributed by atoms with Gasteiger partial charge in [-0.25, -0.2) is 9.97 Å². The molecule has 1 unspecified atom stereocenters. The van der Waals surface area contributed by atoms with E-state index in [1.54, 1.807) is 19.2 Å². The summed E-state index contributed by atoms with van der Waals surface area (Å²) in [7, 11) is 1.36. The highest BCUT2D eigenvalue weighted by Crippen LogP contribution is 2.16. The molecule has 1 atom stereocenters. The van der Waals surface area contributed by atoms with E-state index >= 15 is 0 Å². The number of methoxy groups -OCH3 is 1. The third-order valence-corrected chi connectivity index (χ3v) is 2.14. The first kappa shape index (κ1) is 11.6. The highest BCUT2D eigenvalue weighted by molar-refractivity contribution is 5.70. The highest BCUT2D eigenvalue weighted by Gasteiger charge is 2.16. The maximum atomic E-state index is 11.1. The molecular formula is C10H15N3O2. The van der Waals surface area contributed by atoms with E-state index in [-0.39, 0.29) is 18.3 Å². The van der Waals surface area contributed by atoms with Crippen LogP contribution in [0.3, 0.4) is 0 Å². The van der Waals surface area contributed by atoms with Crippen molar-refractivity contribution in [2.24, 2.45) is 5.73 Å². The van der Waals surface area contributed by atoms with E-state index in [4.69, 9.17) is 5.73 Å². The van der Waals surface area contributed by atoms with Crippen LogP contribution in [0.25, 0.3) is 0 Å². The first-order valence-electron chi connectivity index (χ1n) is 4.73. The van der Waals surface area contributed by atoms with Gasteiger partial charge in [0.2, 0.25) is 0 Å². The van der Waals surface area contributed by atoms with Gasteiger partial charge in [0.1, 0.15) is 5.82 Å². The topological polar surface area (TPSA) is 78.1 Å². The molecule has 0 spiro atoms. The molecule has 82 valence electrons. The minimum absolute atomic E-state index is 0.0980. The molecule has 1 rings (SSSR count). The summed E-state index contributed by atoms with van der Waals surface area (Å²) in [4.78, 5) is 19.3. The van der Waals surface area contributed by atoms with Crippen LogP contribution in [-0.2, 0) is 9.53 Å². The number of aryl methyl sites for hydroxylation is 1. The summed E-state index contributed by atoms with van der Waals surface area (Å²) < 4.78 is 4.60. The molecule has 0 saturated heterocycles. The van der Waals surface area contributed by atoms with Gasteiger partial charge in [0.05, 0.1) is 13.5 Å². The van der Waals surface area contributed by atoms with Gasteiger partial charge in [-0.3, -0.25) is 4.79 Å². The number of aromatic nitrogens is 2. The van der Waals surface area contributed by atoms with Crippen molar-refractivity contribution in [1.29, 1.82) is 0 Å². The van der Waals surface area contributed by atoms with Crippen molar-refractivity contribution in [1.82, 2.24) is 9.97 Å². The number of nitrogens with two attached hydrogens (primary N) is 1. The fourth-order valence-electron chi connectivity index (χ4n) is 1.30. The molecule has 1 heterocycles. The summed E-state index contributed by atoms with van der Waals surface area (Å²) in [5, 5.41) is 0. The van der Waals surface area contributed by atoms with Gasteiger partial charge in [0.15, 0.2) is 0 Å². The number of nitrogens with zero attached hydrogens (tertiary/aromatic N) is 2. The van der Waals surface area contributed by atoms with E-state index in [1.165, 1.54) is 7.11 Å². The van der Waals surface area contributed by atoms with Gasteiger partial charge in [-0.05, 0) is 13.0 Å². The summed E-state index contributed by atoms with van der Waals surface area (Å²) in [5.41, 5.74) is 6.38. The van der Waals surface area contributed by atoms with E-state index in [9.17, 15) is 4.79 Å². The molecule has 0 aliphatic carbocycles. The number of esters is 1.